The number of carbonyl (C=O) groups excluding carboxylic acids is 10. The van der Waals surface area contributed by atoms with Gasteiger partial charge >= 0.3 is 11.9 Å². The summed E-state index contributed by atoms with van der Waals surface area (Å²) in [4.78, 5) is 167. The van der Waals surface area contributed by atoms with Crippen molar-refractivity contribution in [3.05, 3.63) is 132 Å². The average Bonchev–Trinajstić information content (AvgIpc) is 2.83. The van der Waals surface area contributed by atoms with Crippen LogP contribution in [0.2, 0.25) is 0 Å². The van der Waals surface area contributed by atoms with Crippen LogP contribution in [0.25, 0.3) is 10.9 Å². The summed E-state index contributed by atoms with van der Waals surface area (Å²) in [5.74, 6) is -13.1. The molecule has 2 heterocycles. The number of amides is 10. The Morgan fingerprint density at radius 2 is 1.07 bits per heavy atom. The summed E-state index contributed by atoms with van der Waals surface area (Å²) in [5.41, 5.74) is 19.2. The number of nitrogens with zero attached hydrogens (tertiary/aromatic N) is 1. The zero-order valence-electron chi connectivity index (χ0n) is 49.0. The predicted octanol–water partition coefficient (Wildman–Crippen LogP) is -1.97. The van der Waals surface area contributed by atoms with Gasteiger partial charge in [0.05, 0.1) is 18.6 Å². The molecule has 90 heavy (non-hydrogen) atoms. The van der Waals surface area contributed by atoms with E-state index in [0.29, 0.717) is 33.2 Å². The number of aliphatic carboxylic acids is 2. The van der Waals surface area contributed by atoms with Crippen LogP contribution >= 0.6 is 0 Å². The molecule has 480 valence electrons. The van der Waals surface area contributed by atoms with E-state index in [1.54, 1.807) is 60.8 Å². The van der Waals surface area contributed by atoms with Crippen LogP contribution in [0.5, 0.6) is 11.5 Å². The minimum atomic E-state index is -1.89. The van der Waals surface area contributed by atoms with Gasteiger partial charge in [-0.05, 0) is 85.2 Å². The lowest BCUT2D eigenvalue weighted by atomic mass is 10.0. The van der Waals surface area contributed by atoms with Crippen molar-refractivity contribution in [1.82, 2.24) is 47.1 Å². The molecule has 0 saturated carbocycles. The van der Waals surface area contributed by atoms with Crippen LogP contribution in [-0.2, 0) is 83.2 Å². The number of carboxylic acid groups (broad SMARTS) is 2. The van der Waals surface area contributed by atoms with Crippen molar-refractivity contribution in [2.24, 2.45) is 17.2 Å². The van der Waals surface area contributed by atoms with Gasteiger partial charge in [-0.3, -0.25) is 52.7 Å². The number of aliphatic hydroxyl groups is 1. The maximum absolute atomic E-state index is 15.0. The number of aromatic amines is 1. The number of fused-ring (bicyclic) bond motifs is 1. The Morgan fingerprint density at radius 1 is 0.556 bits per heavy atom. The highest BCUT2D eigenvalue weighted by Gasteiger charge is 2.41. The number of nitrogens with one attached hydrogen (secondary N) is 8. The number of hydrogen-bond acceptors (Lipinski definition) is 16. The molecule has 0 bridgehead atoms. The zero-order chi connectivity index (χ0) is 65.8. The van der Waals surface area contributed by atoms with Crippen LogP contribution in [0.1, 0.15) is 74.1 Å². The van der Waals surface area contributed by atoms with Gasteiger partial charge in [-0.25, -0.2) is 4.79 Å². The fraction of sp³-hybridized carbons (Fsp3) is 0.377. The molecule has 5 aromatic rings. The van der Waals surface area contributed by atoms with E-state index in [4.69, 9.17) is 17.2 Å². The summed E-state index contributed by atoms with van der Waals surface area (Å²) in [6, 6.07) is 12.0. The van der Waals surface area contributed by atoms with Crippen molar-refractivity contribution in [2.45, 2.75) is 138 Å². The Hall–Kier alpha value is -10.4. The topological polar surface area (TPSA) is 487 Å². The second-order valence-corrected chi connectivity index (χ2v) is 21.8. The molecule has 10 amide bonds. The van der Waals surface area contributed by atoms with Gasteiger partial charge in [0.25, 0.3) is 0 Å². The first-order valence-electron chi connectivity index (χ1n) is 28.8. The second kappa shape index (κ2) is 32.5. The summed E-state index contributed by atoms with van der Waals surface area (Å²) >= 11 is 0. The number of para-hydroxylation sites is 1. The zero-order valence-corrected chi connectivity index (χ0v) is 49.0. The lowest BCUT2D eigenvalue weighted by Gasteiger charge is -2.31. The van der Waals surface area contributed by atoms with Gasteiger partial charge in [-0.15, -0.1) is 0 Å². The van der Waals surface area contributed by atoms with Gasteiger partial charge in [0, 0.05) is 62.2 Å². The minimum Gasteiger partial charge on any atom is -0.508 e. The summed E-state index contributed by atoms with van der Waals surface area (Å²) in [6.45, 7) is 1.09. The Morgan fingerprint density at radius 3 is 1.67 bits per heavy atom. The molecule has 0 unspecified atom stereocenters. The first kappa shape index (κ1) is 68.7. The number of benzene rings is 4. The fourth-order valence-corrected chi connectivity index (χ4v) is 10.1. The van der Waals surface area contributed by atoms with Crippen molar-refractivity contribution >= 4 is 81.9 Å². The monoisotopic (exact) mass is 1250 g/mol. The minimum absolute atomic E-state index is 0.00846. The van der Waals surface area contributed by atoms with Gasteiger partial charge in [-0.1, -0.05) is 72.8 Å². The normalized spacial score (nSPS) is 15.8. The van der Waals surface area contributed by atoms with Crippen molar-refractivity contribution in [1.29, 1.82) is 0 Å². The summed E-state index contributed by atoms with van der Waals surface area (Å²) in [7, 11) is 0. The quantitative estimate of drug-likeness (QED) is 0.0217. The molecule has 19 N–H and O–H groups in total. The summed E-state index contributed by atoms with van der Waals surface area (Å²) in [5, 5.41) is 68.4. The summed E-state index contributed by atoms with van der Waals surface area (Å²) in [6.07, 6.45) is -3.50. The number of phenolic OH excluding ortho intramolecular Hbond substituents is 2. The molecule has 0 aliphatic carbocycles. The molecule has 29 nitrogen and oxygen atoms in total. The number of hydrogen-bond donors (Lipinski definition) is 16. The number of carboxylic acids is 2. The van der Waals surface area contributed by atoms with Crippen molar-refractivity contribution in [3.63, 3.8) is 0 Å². The number of phenols is 2. The van der Waals surface area contributed by atoms with E-state index in [-0.39, 0.29) is 69.4 Å². The molecule has 0 spiro atoms. The Balaban J connectivity index is 1.26. The molecule has 0 radical (unpaired) electrons. The molecule has 6 rings (SSSR count). The van der Waals surface area contributed by atoms with Crippen molar-refractivity contribution in [2.75, 3.05) is 6.54 Å². The third-order valence-corrected chi connectivity index (χ3v) is 14.9. The van der Waals surface area contributed by atoms with E-state index in [1.807, 2.05) is 0 Å². The number of rotatable bonds is 33. The van der Waals surface area contributed by atoms with Gasteiger partial charge < -0.3 is 89.8 Å². The fourth-order valence-electron chi connectivity index (χ4n) is 10.1. The average molecular weight is 1250 g/mol. The highest BCUT2D eigenvalue weighted by Crippen LogP contribution is 2.23. The van der Waals surface area contributed by atoms with E-state index in [2.05, 4.69) is 42.2 Å². The third kappa shape index (κ3) is 20.3. The van der Waals surface area contributed by atoms with Crippen molar-refractivity contribution < 1.29 is 83.1 Å². The number of aliphatic hydroxyl groups excluding tert-OH is 1. The molecule has 1 saturated heterocycles. The molecular formula is C61H74N12O17. The predicted molar refractivity (Wildman–Crippen MR) is 320 cm³/mol. The molecule has 4 aromatic carbocycles. The maximum Gasteiger partial charge on any atom is 0.326 e. The van der Waals surface area contributed by atoms with E-state index in [9.17, 15) is 78.3 Å². The first-order chi connectivity index (χ1) is 42.8. The third-order valence-electron chi connectivity index (χ3n) is 14.9. The van der Waals surface area contributed by atoms with Gasteiger partial charge in [-0.2, -0.15) is 0 Å². The van der Waals surface area contributed by atoms with Crippen LogP contribution in [0, 0.1) is 0 Å². The number of H-pyrrole nitrogens is 1. The molecular weight excluding hydrogens is 1170 g/mol. The number of carbonyl (C=O) groups is 12. The Bertz CT molecular complexity index is 3400. The molecule has 1 aliphatic heterocycles. The lowest BCUT2D eigenvalue weighted by molar-refractivity contribution is -0.143. The van der Waals surface area contributed by atoms with Gasteiger partial charge in [0.1, 0.15) is 59.8 Å². The van der Waals surface area contributed by atoms with Crippen LogP contribution in [0.4, 0.5) is 0 Å². The van der Waals surface area contributed by atoms with E-state index < -0.39 is 151 Å². The van der Waals surface area contributed by atoms with Gasteiger partial charge in [0.15, 0.2) is 0 Å². The molecule has 29 heteroatoms. The number of likely N-dealkylation sites (tertiary alicyclic amines) is 1. The smallest absolute Gasteiger partial charge is 0.326 e. The molecule has 1 aromatic heterocycles. The second-order valence-electron chi connectivity index (χ2n) is 21.8. The molecule has 1 fully saturated rings. The largest absolute Gasteiger partial charge is 0.508 e. The summed E-state index contributed by atoms with van der Waals surface area (Å²) < 4.78 is 0. The molecule has 1 aliphatic rings. The standard InChI is InChI=1S/C61H74N12O17/c1-32(74)52(59(87)71-47(61(89)90)28-33-8-3-2-4-9-33)72-57(85)43(26-34-13-17-37(75)18-14-34)69-58(86)48-12-7-25-73(48)60(88)46(27-35-15-19-38(76)20-16-35)70-56(84)45(30-50(64)78)68-55(83)44(29-36-31-65-41-11-6-5-10-39(36)41)67-54(82)42(22-24-51(79)80)66-53(81)40(62)21-23-49(63)77/h2-6,8-11,13-20,31-32,40,42-48,52,65,74-76H,7,12,21-30,62H2,1H3,(H2,63,77)(H2,64,78)(H,66,81)(H,67,82)(H,68,83)(H,69,86)(H,70,84)(H,71,87)(H,72,85)(H,79,80)(H,89,90)/t32-,40+,42+,43+,44+,45+,46+,47+,48+,52+/m1/s1. The van der Waals surface area contributed by atoms with Crippen LogP contribution in [0.15, 0.2) is 109 Å². The maximum atomic E-state index is 15.0. The highest BCUT2D eigenvalue weighted by atomic mass is 16.4. The van der Waals surface area contributed by atoms with Crippen LogP contribution < -0.4 is 54.4 Å². The number of primary amides is 2. The SMILES string of the molecule is C[C@@H](O)[C@H](NC(=O)[C@H](Cc1ccc(O)cc1)NC(=O)[C@@H]1CCCN1C(=O)[C@H](Cc1ccc(O)cc1)NC(=O)[C@H](CC(N)=O)NC(=O)[C@H](Cc1c[nH]c2ccccc12)NC(=O)[C@H](CCC(=O)O)NC(=O)[C@@H](N)CCC(N)=O)C(=O)N[C@@H](Cc1ccccc1)C(=O)O. The van der Waals surface area contributed by atoms with E-state index in [1.165, 1.54) is 55.5 Å². The Kier molecular flexibility index (Phi) is 24.8. The Labute approximate surface area is 515 Å². The van der Waals surface area contributed by atoms with Crippen LogP contribution in [0.3, 0.4) is 0 Å². The number of aromatic nitrogens is 1. The molecule has 10 atom stereocenters. The number of aromatic hydroxyl groups is 2. The van der Waals surface area contributed by atoms with E-state index >= 15 is 4.79 Å². The lowest BCUT2D eigenvalue weighted by Crippen LogP contribution is -2.61. The van der Waals surface area contributed by atoms with Crippen molar-refractivity contribution in [3.8, 4) is 11.5 Å². The van der Waals surface area contributed by atoms with Gasteiger partial charge in [0.2, 0.25) is 59.1 Å². The number of nitrogens with two attached hydrogens (primary N) is 3. The highest BCUT2D eigenvalue weighted by molar-refractivity contribution is 6.00. The van der Waals surface area contributed by atoms with Crippen LogP contribution in [-0.4, -0.2) is 173 Å². The van der Waals surface area contributed by atoms with E-state index in [0.717, 1.165) is 4.90 Å². The first-order valence-corrected chi connectivity index (χ1v) is 28.8.